The molecule has 0 unspecified atom stereocenters. The van der Waals surface area contributed by atoms with E-state index in [0.717, 1.165) is 5.01 Å². The first-order valence-electron chi connectivity index (χ1n) is 13.5. The van der Waals surface area contributed by atoms with E-state index >= 15 is 0 Å². The van der Waals surface area contributed by atoms with Crippen molar-refractivity contribution in [2.24, 2.45) is 5.10 Å². The molecule has 0 bridgehead atoms. The van der Waals surface area contributed by atoms with Gasteiger partial charge in [-0.05, 0) is 85.7 Å². The summed E-state index contributed by atoms with van der Waals surface area (Å²) in [6.07, 6.45) is 4.51. The van der Waals surface area contributed by atoms with Crippen molar-refractivity contribution in [1.29, 1.82) is 0 Å². The summed E-state index contributed by atoms with van der Waals surface area (Å²) in [6.45, 7) is 2.78. The first-order chi connectivity index (χ1) is 21.6. The lowest BCUT2D eigenvalue weighted by molar-refractivity contribution is 0.0696. The van der Waals surface area contributed by atoms with Crippen LogP contribution in [0.5, 0.6) is 11.6 Å². The minimum Gasteiger partial charge on any atom is -0.494 e. The average Bonchev–Trinajstić information content (AvgIpc) is 3.52. The van der Waals surface area contributed by atoms with Gasteiger partial charge in [0.25, 0.3) is 17.0 Å². The molecule has 0 spiro atoms. The Morgan fingerprint density at radius 2 is 1.64 bits per heavy atom. The van der Waals surface area contributed by atoms with Crippen LogP contribution in [-0.2, 0) is 0 Å². The van der Waals surface area contributed by atoms with Gasteiger partial charge in [-0.2, -0.15) is 9.69 Å². The number of H-pyrrole nitrogens is 2. The molecule has 5 N–H and O–H groups in total. The van der Waals surface area contributed by atoms with Gasteiger partial charge in [0.15, 0.2) is 24.0 Å². The van der Waals surface area contributed by atoms with Crippen molar-refractivity contribution in [3.63, 3.8) is 0 Å². The quantitative estimate of drug-likeness (QED) is 0.169. The van der Waals surface area contributed by atoms with Crippen molar-refractivity contribution in [3.05, 3.63) is 114 Å². The molecule has 1 aromatic heterocycles. The van der Waals surface area contributed by atoms with Crippen molar-refractivity contribution < 1.29 is 29.6 Å². The van der Waals surface area contributed by atoms with E-state index in [1.54, 1.807) is 38.1 Å². The Morgan fingerprint density at radius 1 is 0.956 bits per heavy atom. The van der Waals surface area contributed by atoms with Crippen LogP contribution >= 0.6 is 0 Å². The molecule has 3 aromatic rings. The second kappa shape index (κ2) is 11.1. The summed E-state index contributed by atoms with van der Waals surface area (Å²) in [5.41, 5.74) is 1.52. The van der Waals surface area contributed by atoms with Crippen LogP contribution in [0, 0.1) is 13.8 Å². The molecule has 3 aliphatic heterocycles. The van der Waals surface area contributed by atoms with Crippen LogP contribution in [0.25, 0.3) is 29.2 Å². The Hall–Kier alpha value is -6.28. The number of pyridine rings is 2. The summed E-state index contributed by atoms with van der Waals surface area (Å²) >= 11 is 0. The maximum Gasteiger partial charge on any atom is 0.335 e. The molecule has 0 fully saturated rings. The van der Waals surface area contributed by atoms with Gasteiger partial charge in [0, 0.05) is 10.8 Å². The molecule has 226 valence electrons. The van der Waals surface area contributed by atoms with Gasteiger partial charge in [-0.1, -0.05) is 6.08 Å². The highest BCUT2D eigenvalue weighted by Crippen LogP contribution is 2.30. The molecule has 0 atom stereocenters. The number of fused-ring (bicyclic) bond motifs is 2. The SMILES string of the molecule is Cc1c(C=C/C=c2/c(C)c3c([nH]c2=O)=NN(c2ccc(C(=O)O)cc2)C3=O)c(O)[nH]c2nn(-c3ccc(OCO)cc3)c(=O)c1-2. The first kappa shape index (κ1) is 28.8. The number of hydrogen-bond donors (Lipinski definition) is 5. The van der Waals surface area contributed by atoms with Crippen LogP contribution < -0.4 is 31.6 Å². The van der Waals surface area contributed by atoms with Crippen LogP contribution in [-0.4, -0.2) is 53.7 Å². The Kier molecular flexibility index (Phi) is 7.10. The zero-order valence-corrected chi connectivity index (χ0v) is 23.7. The fourth-order valence-electron chi connectivity index (χ4n) is 5.13. The normalized spacial score (nSPS) is 13.1. The van der Waals surface area contributed by atoms with E-state index in [1.165, 1.54) is 47.2 Å². The zero-order valence-electron chi connectivity index (χ0n) is 23.7. The molecule has 45 heavy (non-hydrogen) atoms. The number of benzene rings is 2. The number of rotatable bonds is 7. The molecule has 0 radical (unpaired) electrons. The number of aromatic hydroxyl groups is 1. The van der Waals surface area contributed by atoms with Crippen LogP contribution in [0.1, 0.15) is 37.4 Å². The van der Waals surface area contributed by atoms with Crippen molar-refractivity contribution in [3.8, 4) is 28.7 Å². The molecule has 6 rings (SSSR count). The van der Waals surface area contributed by atoms with Gasteiger partial charge in [-0.3, -0.25) is 14.4 Å². The predicted molar refractivity (Wildman–Crippen MR) is 161 cm³/mol. The number of anilines is 1. The summed E-state index contributed by atoms with van der Waals surface area (Å²) in [5.74, 6) is -1.27. The maximum absolute atomic E-state index is 13.3. The molecule has 0 saturated heterocycles. The minimum absolute atomic E-state index is 0.0506. The molecule has 2 aromatic carbocycles. The number of aromatic amines is 2. The van der Waals surface area contributed by atoms with E-state index in [-0.39, 0.29) is 39.1 Å². The van der Waals surface area contributed by atoms with Crippen molar-refractivity contribution in [2.45, 2.75) is 13.8 Å². The number of ether oxygens (including phenoxy) is 1. The Morgan fingerprint density at radius 3 is 2.31 bits per heavy atom. The van der Waals surface area contributed by atoms with E-state index in [9.17, 15) is 24.3 Å². The highest BCUT2D eigenvalue weighted by molar-refractivity contribution is 6.08. The van der Waals surface area contributed by atoms with Gasteiger partial charge in [-0.25, -0.2) is 4.79 Å². The van der Waals surface area contributed by atoms with Crippen LogP contribution in [0.2, 0.25) is 0 Å². The Balaban J connectivity index is 1.34. The van der Waals surface area contributed by atoms with E-state index in [1.807, 2.05) is 0 Å². The molecular weight excluding hydrogens is 584 g/mol. The van der Waals surface area contributed by atoms with Crippen LogP contribution in [0.3, 0.4) is 0 Å². The summed E-state index contributed by atoms with van der Waals surface area (Å²) in [5, 5.41) is 38.6. The molecule has 14 heteroatoms. The Labute approximate surface area is 252 Å². The molecule has 14 nitrogen and oxygen atoms in total. The van der Waals surface area contributed by atoms with Crippen LogP contribution in [0.4, 0.5) is 5.69 Å². The number of nitrogens with one attached hydrogen (secondary N) is 2. The van der Waals surface area contributed by atoms with Crippen LogP contribution in [0.15, 0.2) is 69.3 Å². The number of carboxylic acids is 1. The largest absolute Gasteiger partial charge is 0.494 e. The fourth-order valence-corrected chi connectivity index (χ4v) is 5.13. The summed E-state index contributed by atoms with van der Waals surface area (Å²) in [4.78, 5) is 56.0. The Bertz CT molecular complexity index is 2250. The monoisotopic (exact) mass is 608 g/mol. The zero-order chi connectivity index (χ0) is 32.0. The number of aliphatic hydroxyl groups is 1. The highest BCUT2D eigenvalue weighted by atomic mass is 16.6. The number of aliphatic hydroxyl groups excluding tert-OH is 1. The maximum atomic E-state index is 13.3. The second-order valence-corrected chi connectivity index (χ2v) is 10.0. The molecule has 4 heterocycles. The molecule has 1 amide bonds. The third-order valence-electron chi connectivity index (χ3n) is 7.41. The van der Waals surface area contributed by atoms with Gasteiger partial charge in [0.05, 0.1) is 28.1 Å². The number of carbonyl (C=O) groups is 2. The molecule has 3 aliphatic rings. The summed E-state index contributed by atoms with van der Waals surface area (Å²) < 4.78 is 6.19. The molecular formula is C31H24N6O8. The number of hydrogen-bond acceptors (Lipinski definition) is 9. The van der Waals surface area contributed by atoms with Crippen molar-refractivity contribution in [2.75, 3.05) is 11.8 Å². The number of amides is 1. The number of nitrogens with zero attached hydrogens (tertiary/aromatic N) is 4. The van der Waals surface area contributed by atoms with Gasteiger partial charge >= 0.3 is 5.97 Å². The van der Waals surface area contributed by atoms with E-state index in [0.29, 0.717) is 33.8 Å². The lowest BCUT2D eigenvalue weighted by atomic mass is 10.0. The number of carboxylic acid groups (broad SMARTS) is 1. The van der Waals surface area contributed by atoms with Gasteiger partial charge in [0.2, 0.25) is 0 Å². The lowest BCUT2D eigenvalue weighted by Crippen LogP contribution is -2.38. The van der Waals surface area contributed by atoms with E-state index in [4.69, 9.17) is 14.9 Å². The van der Waals surface area contributed by atoms with Crippen molar-refractivity contribution >= 4 is 29.7 Å². The molecule has 0 saturated carbocycles. The minimum atomic E-state index is -1.11. The lowest BCUT2D eigenvalue weighted by Gasteiger charge is -2.12. The van der Waals surface area contributed by atoms with Crippen molar-refractivity contribution in [1.82, 2.24) is 19.7 Å². The number of aromatic nitrogens is 4. The summed E-state index contributed by atoms with van der Waals surface area (Å²) in [6, 6.07) is 12.0. The fraction of sp³-hybridized carbons (Fsp3) is 0.0968. The van der Waals surface area contributed by atoms with E-state index in [2.05, 4.69) is 20.2 Å². The number of carbonyl (C=O) groups excluding carboxylic acids is 1. The topological polar surface area (TPSA) is 203 Å². The average molecular weight is 609 g/mol. The third kappa shape index (κ3) is 4.94. The first-order valence-corrected chi connectivity index (χ1v) is 13.5. The van der Waals surface area contributed by atoms with E-state index < -0.39 is 29.8 Å². The third-order valence-corrected chi connectivity index (χ3v) is 7.41. The smallest absolute Gasteiger partial charge is 0.335 e. The van der Waals surface area contributed by atoms with Gasteiger partial charge < -0.3 is 30.0 Å². The molecule has 0 aliphatic carbocycles. The number of allylic oxidation sites excluding steroid dienone is 1. The standard InChI is InChI=1S/C31H24N6O8/c1-15-21(27(39)32-25-23(15)29(41)36(34-25)18-8-6-17(7-9-18)31(43)44)4-3-5-22-16(2)24-26(33-28(22)40)35-37(30(24)42)19-10-12-20(13-11-19)45-14-38/h3-13,38H,14H2,1-2H3,(H,43,44)(H,32,34,39)(H2,33,35,40)/b5-3?,21-4-. The predicted octanol–water partition coefficient (Wildman–Crippen LogP) is 1.39. The number of aromatic carboxylic acids is 1. The second-order valence-electron chi connectivity index (χ2n) is 10.0. The summed E-state index contributed by atoms with van der Waals surface area (Å²) in [7, 11) is 0. The van der Waals surface area contributed by atoms with Gasteiger partial charge in [0.1, 0.15) is 5.75 Å². The van der Waals surface area contributed by atoms with Gasteiger partial charge in [-0.15, -0.1) is 10.2 Å². The highest BCUT2D eigenvalue weighted by Gasteiger charge is 2.28.